The molecule has 1 rings (SSSR count). The van der Waals surface area contributed by atoms with Crippen molar-refractivity contribution in [1.82, 2.24) is 4.90 Å². The van der Waals surface area contributed by atoms with Gasteiger partial charge in [-0.1, -0.05) is 19.4 Å². The molecule has 0 spiro atoms. The molecular weight excluding hydrogens is 277 g/mol. The second kappa shape index (κ2) is 5.62. The lowest BCUT2D eigenvalue weighted by molar-refractivity contribution is -0.130. The minimum absolute atomic E-state index is 0.321. The fourth-order valence-corrected chi connectivity index (χ4v) is 1.80. The van der Waals surface area contributed by atoms with Crippen LogP contribution in [0.5, 0.6) is 0 Å². The van der Waals surface area contributed by atoms with Gasteiger partial charge in [-0.25, -0.2) is 0 Å². The van der Waals surface area contributed by atoms with Crippen molar-refractivity contribution < 1.29 is 4.79 Å². The number of amides is 1. The Labute approximate surface area is 93.5 Å². The van der Waals surface area contributed by atoms with Gasteiger partial charge in [0.1, 0.15) is 0 Å². The Bertz CT molecular complexity index is 213. The SMILES string of the molecule is CCCCC(=O)N1CC=C(I)CC1. The van der Waals surface area contributed by atoms with Gasteiger partial charge in [-0.2, -0.15) is 0 Å². The average Bonchev–Trinajstić information content (AvgIpc) is 2.15. The molecule has 0 aromatic rings. The van der Waals surface area contributed by atoms with Gasteiger partial charge < -0.3 is 4.90 Å². The van der Waals surface area contributed by atoms with Crippen LogP contribution in [0.15, 0.2) is 9.66 Å². The number of carbonyl (C=O) groups excluding carboxylic acids is 1. The van der Waals surface area contributed by atoms with Gasteiger partial charge in [0.25, 0.3) is 0 Å². The first kappa shape index (κ1) is 11.0. The molecule has 0 saturated carbocycles. The molecular formula is C10H16INO. The van der Waals surface area contributed by atoms with Gasteiger partial charge in [-0.15, -0.1) is 0 Å². The maximum atomic E-state index is 11.6. The first-order valence-electron chi connectivity index (χ1n) is 4.86. The third-order valence-corrected chi connectivity index (χ3v) is 3.23. The Morgan fingerprint density at radius 3 is 3.00 bits per heavy atom. The molecule has 2 nitrogen and oxygen atoms in total. The van der Waals surface area contributed by atoms with Crippen LogP contribution in [0.1, 0.15) is 32.6 Å². The highest BCUT2D eigenvalue weighted by Crippen LogP contribution is 2.17. The number of hydrogen-bond acceptors (Lipinski definition) is 1. The van der Waals surface area contributed by atoms with E-state index < -0.39 is 0 Å². The van der Waals surface area contributed by atoms with Gasteiger partial charge in [-0.05, 0) is 39.0 Å². The van der Waals surface area contributed by atoms with Crippen LogP contribution < -0.4 is 0 Å². The number of halogens is 1. The number of hydrogen-bond donors (Lipinski definition) is 0. The van der Waals surface area contributed by atoms with Crippen molar-refractivity contribution in [3.05, 3.63) is 9.66 Å². The van der Waals surface area contributed by atoms with Crippen molar-refractivity contribution >= 4 is 28.5 Å². The Balaban J connectivity index is 2.32. The van der Waals surface area contributed by atoms with Gasteiger partial charge in [0.05, 0.1) is 0 Å². The van der Waals surface area contributed by atoms with Crippen LogP contribution in [0.2, 0.25) is 0 Å². The topological polar surface area (TPSA) is 20.3 Å². The second-order valence-electron chi connectivity index (χ2n) is 3.34. The van der Waals surface area contributed by atoms with Gasteiger partial charge in [-0.3, -0.25) is 4.79 Å². The van der Waals surface area contributed by atoms with E-state index in [2.05, 4.69) is 35.6 Å². The smallest absolute Gasteiger partial charge is 0.222 e. The maximum absolute atomic E-state index is 11.6. The standard InChI is InChI=1S/C10H16INO/c1-2-3-4-10(13)12-7-5-9(11)6-8-12/h5H,2-4,6-8H2,1H3. The highest BCUT2D eigenvalue weighted by molar-refractivity contribution is 14.1. The first-order valence-corrected chi connectivity index (χ1v) is 5.94. The Hall–Kier alpha value is -0.0600. The van der Waals surface area contributed by atoms with Crippen LogP contribution in [0, 0.1) is 0 Å². The number of carbonyl (C=O) groups is 1. The molecule has 13 heavy (non-hydrogen) atoms. The van der Waals surface area contributed by atoms with Gasteiger partial charge in [0.15, 0.2) is 0 Å². The number of nitrogens with zero attached hydrogens (tertiary/aromatic N) is 1. The van der Waals surface area contributed by atoms with Crippen LogP contribution in [0.3, 0.4) is 0 Å². The third-order valence-electron chi connectivity index (χ3n) is 2.25. The molecule has 1 amide bonds. The molecule has 1 aliphatic rings. The van der Waals surface area contributed by atoms with E-state index in [0.29, 0.717) is 5.91 Å². The Morgan fingerprint density at radius 1 is 1.69 bits per heavy atom. The zero-order valence-electron chi connectivity index (χ0n) is 8.05. The molecule has 74 valence electrons. The third kappa shape index (κ3) is 3.67. The molecule has 0 atom stereocenters. The average molecular weight is 293 g/mol. The quantitative estimate of drug-likeness (QED) is 0.733. The van der Waals surface area contributed by atoms with E-state index in [1.807, 2.05) is 4.90 Å². The summed E-state index contributed by atoms with van der Waals surface area (Å²) in [4.78, 5) is 13.5. The zero-order valence-corrected chi connectivity index (χ0v) is 10.2. The number of rotatable bonds is 3. The van der Waals surface area contributed by atoms with Crippen molar-refractivity contribution in [2.45, 2.75) is 32.6 Å². The normalized spacial score (nSPS) is 17.1. The minimum atomic E-state index is 0.321. The van der Waals surface area contributed by atoms with Crippen molar-refractivity contribution in [2.24, 2.45) is 0 Å². The molecule has 0 fully saturated rings. The summed E-state index contributed by atoms with van der Waals surface area (Å²) < 4.78 is 1.39. The Kier molecular flexibility index (Phi) is 4.77. The van der Waals surface area contributed by atoms with E-state index in [4.69, 9.17) is 0 Å². The second-order valence-corrected chi connectivity index (χ2v) is 4.73. The lowest BCUT2D eigenvalue weighted by Gasteiger charge is -2.24. The summed E-state index contributed by atoms with van der Waals surface area (Å²) in [7, 11) is 0. The summed E-state index contributed by atoms with van der Waals surface area (Å²) in [5.41, 5.74) is 0. The lowest BCUT2D eigenvalue weighted by Crippen LogP contribution is -2.34. The van der Waals surface area contributed by atoms with Crippen molar-refractivity contribution in [1.29, 1.82) is 0 Å². The minimum Gasteiger partial charge on any atom is -0.339 e. The van der Waals surface area contributed by atoms with E-state index in [1.54, 1.807) is 0 Å². The van der Waals surface area contributed by atoms with Crippen LogP contribution in [-0.2, 0) is 4.79 Å². The fraction of sp³-hybridized carbons (Fsp3) is 0.700. The monoisotopic (exact) mass is 293 g/mol. The summed E-state index contributed by atoms with van der Waals surface area (Å²) in [5.74, 6) is 0.321. The van der Waals surface area contributed by atoms with Crippen LogP contribution in [-0.4, -0.2) is 23.9 Å². The van der Waals surface area contributed by atoms with E-state index in [1.165, 1.54) is 3.58 Å². The van der Waals surface area contributed by atoms with E-state index >= 15 is 0 Å². The molecule has 0 aromatic heterocycles. The largest absolute Gasteiger partial charge is 0.339 e. The summed E-state index contributed by atoms with van der Waals surface area (Å²) in [6.07, 6.45) is 6.04. The summed E-state index contributed by atoms with van der Waals surface area (Å²) in [6, 6.07) is 0. The molecule has 0 N–H and O–H groups in total. The highest BCUT2D eigenvalue weighted by atomic mass is 127. The molecule has 0 saturated heterocycles. The predicted molar refractivity (Wildman–Crippen MR) is 62.8 cm³/mol. The molecule has 0 aromatic carbocycles. The molecule has 3 heteroatoms. The van der Waals surface area contributed by atoms with Crippen molar-refractivity contribution in [3.63, 3.8) is 0 Å². The molecule has 1 aliphatic heterocycles. The summed E-state index contributed by atoms with van der Waals surface area (Å²) in [5, 5.41) is 0. The van der Waals surface area contributed by atoms with Crippen LogP contribution >= 0.6 is 22.6 Å². The summed E-state index contributed by atoms with van der Waals surface area (Å²) >= 11 is 2.34. The predicted octanol–water partition coefficient (Wildman–Crippen LogP) is 2.73. The van der Waals surface area contributed by atoms with Crippen molar-refractivity contribution in [2.75, 3.05) is 13.1 Å². The zero-order chi connectivity index (χ0) is 9.68. The Morgan fingerprint density at radius 2 is 2.46 bits per heavy atom. The lowest BCUT2D eigenvalue weighted by atomic mass is 10.2. The van der Waals surface area contributed by atoms with E-state index in [9.17, 15) is 4.79 Å². The fourth-order valence-electron chi connectivity index (χ4n) is 1.36. The molecule has 0 bridgehead atoms. The first-order chi connectivity index (χ1) is 6.24. The maximum Gasteiger partial charge on any atom is 0.222 e. The molecule has 1 heterocycles. The van der Waals surface area contributed by atoms with Gasteiger partial charge >= 0.3 is 0 Å². The summed E-state index contributed by atoms with van der Waals surface area (Å²) in [6.45, 7) is 3.85. The number of unbranched alkanes of at least 4 members (excludes halogenated alkanes) is 1. The van der Waals surface area contributed by atoms with E-state index in [0.717, 1.165) is 38.8 Å². The van der Waals surface area contributed by atoms with E-state index in [-0.39, 0.29) is 0 Å². The molecule has 0 unspecified atom stereocenters. The highest BCUT2D eigenvalue weighted by Gasteiger charge is 2.14. The van der Waals surface area contributed by atoms with Crippen molar-refractivity contribution in [3.8, 4) is 0 Å². The van der Waals surface area contributed by atoms with Crippen LogP contribution in [0.4, 0.5) is 0 Å². The molecule has 0 radical (unpaired) electrons. The molecule has 0 aliphatic carbocycles. The van der Waals surface area contributed by atoms with Gasteiger partial charge in [0, 0.05) is 19.5 Å². The van der Waals surface area contributed by atoms with Crippen LogP contribution in [0.25, 0.3) is 0 Å². The van der Waals surface area contributed by atoms with Gasteiger partial charge in [0.2, 0.25) is 5.91 Å².